The van der Waals surface area contributed by atoms with E-state index in [0.29, 0.717) is 24.9 Å². The van der Waals surface area contributed by atoms with Crippen LogP contribution in [0.2, 0.25) is 0 Å². The summed E-state index contributed by atoms with van der Waals surface area (Å²) in [6.07, 6.45) is 0.0134. The number of methoxy groups -OCH3 is 1. The molecule has 1 saturated heterocycles. The molecular weight excluding hydrogens is 218 g/mol. The Bertz CT molecular complexity index is 260. The molecular formula is C13H25NO3. The third kappa shape index (κ3) is 3.87. The molecule has 4 nitrogen and oxygen atoms in total. The first kappa shape index (κ1) is 14.3. The average Bonchev–Trinajstić information content (AvgIpc) is 2.14. The molecule has 17 heavy (non-hydrogen) atoms. The maximum atomic E-state index is 12.0. The molecule has 1 aliphatic heterocycles. The summed E-state index contributed by atoms with van der Waals surface area (Å²) in [5.41, 5.74) is -0.429. The van der Waals surface area contributed by atoms with Crippen LogP contribution in [0.3, 0.4) is 0 Å². The van der Waals surface area contributed by atoms with Crippen LogP contribution in [0, 0.1) is 11.8 Å². The van der Waals surface area contributed by atoms with Crippen molar-refractivity contribution >= 4 is 6.09 Å². The van der Waals surface area contributed by atoms with Crippen LogP contribution in [0.25, 0.3) is 0 Å². The maximum absolute atomic E-state index is 12.0. The molecule has 0 bridgehead atoms. The number of hydrogen-bond acceptors (Lipinski definition) is 3. The molecule has 0 N–H and O–H groups in total. The van der Waals surface area contributed by atoms with Gasteiger partial charge in [-0.1, -0.05) is 13.8 Å². The Balaban J connectivity index is 2.60. The Hall–Kier alpha value is -0.770. The van der Waals surface area contributed by atoms with E-state index in [4.69, 9.17) is 9.47 Å². The zero-order chi connectivity index (χ0) is 13.2. The van der Waals surface area contributed by atoms with Crippen molar-refractivity contribution in [2.75, 3.05) is 20.2 Å². The van der Waals surface area contributed by atoms with E-state index in [9.17, 15) is 4.79 Å². The van der Waals surface area contributed by atoms with Crippen molar-refractivity contribution in [3.63, 3.8) is 0 Å². The topological polar surface area (TPSA) is 38.8 Å². The molecule has 3 atom stereocenters. The molecule has 1 amide bonds. The van der Waals surface area contributed by atoms with Gasteiger partial charge in [0.05, 0.1) is 6.10 Å². The molecule has 0 spiro atoms. The van der Waals surface area contributed by atoms with Gasteiger partial charge in [0.15, 0.2) is 0 Å². The van der Waals surface area contributed by atoms with Gasteiger partial charge in [0.2, 0.25) is 0 Å². The van der Waals surface area contributed by atoms with Gasteiger partial charge in [0, 0.05) is 32.0 Å². The van der Waals surface area contributed by atoms with E-state index in [2.05, 4.69) is 13.8 Å². The first-order chi connectivity index (χ1) is 7.74. The number of nitrogens with zero attached hydrogens (tertiary/aromatic N) is 1. The molecule has 4 heteroatoms. The summed E-state index contributed by atoms with van der Waals surface area (Å²) >= 11 is 0. The molecule has 0 aromatic rings. The first-order valence-electron chi connectivity index (χ1n) is 6.25. The van der Waals surface area contributed by atoms with E-state index < -0.39 is 5.60 Å². The lowest BCUT2D eigenvalue weighted by atomic mass is 9.88. The molecule has 1 aliphatic rings. The van der Waals surface area contributed by atoms with E-state index in [1.54, 1.807) is 12.0 Å². The van der Waals surface area contributed by atoms with Crippen LogP contribution in [0.1, 0.15) is 34.6 Å². The fourth-order valence-electron chi connectivity index (χ4n) is 2.48. The number of carbonyl (C=O) groups is 1. The maximum Gasteiger partial charge on any atom is 0.410 e. The van der Waals surface area contributed by atoms with Crippen molar-refractivity contribution in [2.45, 2.75) is 46.3 Å². The largest absolute Gasteiger partial charge is 0.444 e. The van der Waals surface area contributed by atoms with Gasteiger partial charge in [-0.2, -0.15) is 0 Å². The van der Waals surface area contributed by atoms with Gasteiger partial charge in [-0.3, -0.25) is 0 Å². The minimum atomic E-state index is -0.429. The van der Waals surface area contributed by atoms with E-state index in [-0.39, 0.29) is 12.2 Å². The third-order valence-electron chi connectivity index (χ3n) is 3.06. The highest BCUT2D eigenvalue weighted by atomic mass is 16.6. The standard InChI is InChI=1S/C13H25NO3/c1-9-7-14(8-10(2)11(9)16-6)12(15)17-13(3,4)5/h9-11H,7-8H2,1-6H3/t9-,10+,11?. The van der Waals surface area contributed by atoms with Gasteiger partial charge in [-0.25, -0.2) is 4.79 Å². The van der Waals surface area contributed by atoms with Crippen molar-refractivity contribution in [1.29, 1.82) is 0 Å². The van der Waals surface area contributed by atoms with Gasteiger partial charge in [-0.15, -0.1) is 0 Å². The molecule has 1 rings (SSSR count). The van der Waals surface area contributed by atoms with Gasteiger partial charge < -0.3 is 14.4 Å². The van der Waals surface area contributed by atoms with Crippen LogP contribution in [-0.2, 0) is 9.47 Å². The lowest BCUT2D eigenvalue weighted by Gasteiger charge is -2.40. The number of ether oxygens (including phenoxy) is 2. The van der Waals surface area contributed by atoms with E-state index in [0.717, 1.165) is 0 Å². The normalized spacial score (nSPS) is 30.2. The number of likely N-dealkylation sites (tertiary alicyclic amines) is 1. The molecule has 100 valence electrons. The third-order valence-corrected chi connectivity index (χ3v) is 3.06. The van der Waals surface area contributed by atoms with Crippen LogP contribution in [0.15, 0.2) is 0 Å². The summed E-state index contributed by atoms with van der Waals surface area (Å²) in [5, 5.41) is 0. The van der Waals surface area contributed by atoms with Crippen LogP contribution in [-0.4, -0.2) is 42.9 Å². The summed E-state index contributed by atoms with van der Waals surface area (Å²) in [7, 11) is 1.74. The van der Waals surface area contributed by atoms with Gasteiger partial charge in [-0.05, 0) is 20.8 Å². The molecule has 0 radical (unpaired) electrons. The zero-order valence-electron chi connectivity index (χ0n) is 11.8. The monoisotopic (exact) mass is 243 g/mol. The van der Waals surface area contributed by atoms with Gasteiger partial charge >= 0.3 is 6.09 Å². The summed E-state index contributed by atoms with van der Waals surface area (Å²) in [4.78, 5) is 13.8. The predicted molar refractivity (Wildman–Crippen MR) is 66.9 cm³/mol. The minimum absolute atomic E-state index is 0.217. The fourth-order valence-corrected chi connectivity index (χ4v) is 2.48. The lowest BCUT2D eigenvalue weighted by Crippen LogP contribution is -2.51. The second-order valence-corrected chi connectivity index (χ2v) is 6.04. The fraction of sp³-hybridized carbons (Fsp3) is 0.923. The molecule has 1 fully saturated rings. The summed E-state index contributed by atoms with van der Waals surface area (Å²) < 4.78 is 10.9. The molecule has 0 aromatic heterocycles. The van der Waals surface area contributed by atoms with Crippen molar-refractivity contribution in [1.82, 2.24) is 4.90 Å². The highest BCUT2D eigenvalue weighted by Gasteiger charge is 2.35. The van der Waals surface area contributed by atoms with Crippen molar-refractivity contribution < 1.29 is 14.3 Å². The minimum Gasteiger partial charge on any atom is -0.444 e. The molecule has 0 aliphatic carbocycles. The smallest absolute Gasteiger partial charge is 0.410 e. The van der Waals surface area contributed by atoms with E-state index >= 15 is 0 Å². The summed E-state index contributed by atoms with van der Waals surface area (Å²) in [6, 6.07) is 0. The number of piperidine rings is 1. The number of amides is 1. The van der Waals surface area contributed by atoms with Crippen molar-refractivity contribution in [2.24, 2.45) is 11.8 Å². The van der Waals surface area contributed by atoms with Gasteiger partial charge in [0.25, 0.3) is 0 Å². The first-order valence-corrected chi connectivity index (χ1v) is 6.25. The van der Waals surface area contributed by atoms with Crippen molar-refractivity contribution in [3.8, 4) is 0 Å². The lowest BCUT2D eigenvalue weighted by molar-refractivity contribution is -0.0461. The molecule has 1 unspecified atom stereocenters. The average molecular weight is 243 g/mol. The van der Waals surface area contributed by atoms with Crippen LogP contribution in [0.5, 0.6) is 0 Å². The molecule has 1 heterocycles. The summed E-state index contributed by atoms with van der Waals surface area (Å²) in [5.74, 6) is 0.688. The molecule has 0 aromatic carbocycles. The number of hydrogen-bond donors (Lipinski definition) is 0. The Kier molecular flexibility index (Phi) is 4.42. The Labute approximate surface area is 104 Å². The number of rotatable bonds is 1. The second kappa shape index (κ2) is 5.25. The Morgan fingerprint density at radius 2 is 1.65 bits per heavy atom. The Morgan fingerprint density at radius 1 is 1.18 bits per heavy atom. The van der Waals surface area contributed by atoms with Crippen molar-refractivity contribution in [3.05, 3.63) is 0 Å². The number of carbonyl (C=O) groups excluding carboxylic acids is 1. The van der Waals surface area contributed by atoms with Crippen LogP contribution >= 0.6 is 0 Å². The summed E-state index contributed by atoms with van der Waals surface area (Å²) in [6.45, 7) is 11.3. The zero-order valence-corrected chi connectivity index (χ0v) is 11.8. The van der Waals surface area contributed by atoms with E-state index in [1.807, 2.05) is 20.8 Å². The van der Waals surface area contributed by atoms with Gasteiger partial charge in [0.1, 0.15) is 5.60 Å². The predicted octanol–water partition coefficient (Wildman–Crippen LogP) is 2.52. The molecule has 0 saturated carbocycles. The Morgan fingerprint density at radius 3 is 2.00 bits per heavy atom. The SMILES string of the molecule is COC1[C@H](C)CN(C(=O)OC(C)(C)C)C[C@@H]1C. The van der Waals surface area contributed by atoms with E-state index in [1.165, 1.54) is 0 Å². The van der Waals surface area contributed by atoms with Crippen LogP contribution in [0.4, 0.5) is 4.79 Å². The highest BCUT2D eigenvalue weighted by molar-refractivity contribution is 5.68. The van der Waals surface area contributed by atoms with Crippen LogP contribution < -0.4 is 0 Å². The highest BCUT2D eigenvalue weighted by Crippen LogP contribution is 2.25. The quantitative estimate of drug-likeness (QED) is 0.710. The second-order valence-electron chi connectivity index (χ2n) is 6.04.